The molecule has 0 radical (unpaired) electrons. The van der Waals surface area contributed by atoms with Crippen LogP contribution in [-0.2, 0) is 5.41 Å². The molecular weight excluding hydrogens is 218 g/mol. The maximum absolute atomic E-state index is 10.2. The smallest absolute Gasteiger partial charge is 0.124 e. The van der Waals surface area contributed by atoms with Gasteiger partial charge in [0.15, 0.2) is 0 Å². The largest absolute Gasteiger partial charge is 0.507 e. The van der Waals surface area contributed by atoms with Crippen molar-refractivity contribution in [2.24, 2.45) is 5.73 Å². The van der Waals surface area contributed by atoms with E-state index in [0.29, 0.717) is 11.3 Å². The molecule has 0 saturated heterocycles. The molecule has 17 heavy (non-hydrogen) atoms. The Morgan fingerprint density at radius 3 is 2.35 bits per heavy atom. The van der Waals surface area contributed by atoms with Gasteiger partial charge in [-0.3, -0.25) is 0 Å². The molecule has 1 aromatic carbocycles. The van der Waals surface area contributed by atoms with Gasteiger partial charge in [-0.2, -0.15) is 0 Å². The van der Waals surface area contributed by atoms with Crippen LogP contribution in [0.25, 0.3) is 0 Å². The Labute approximate surface area is 102 Å². The van der Waals surface area contributed by atoms with Crippen molar-refractivity contribution >= 4 is 0 Å². The normalized spacial score (nSPS) is 13.5. The number of aromatic hydroxyl groups is 1. The summed E-state index contributed by atoms with van der Waals surface area (Å²) in [6.45, 7) is 5.77. The number of benzene rings is 1. The summed E-state index contributed by atoms with van der Waals surface area (Å²) in [6.07, 6.45) is 0. The average molecular weight is 239 g/mol. The van der Waals surface area contributed by atoms with Crippen molar-refractivity contribution in [3.63, 3.8) is 0 Å². The van der Waals surface area contributed by atoms with Crippen molar-refractivity contribution in [3.05, 3.63) is 23.3 Å². The lowest BCUT2D eigenvalue weighted by Crippen LogP contribution is -2.18. The Hall–Kier alpha value is -1.26. The Kier molecular flexibility index (Phi) is 4.01. The second-order valence-corrected chi connectivity index (χ2v) is 5.15. The SMILES string of the molecule is COc1cc(C(N)CO)c(O)c(C(C)(C)C)c1. The molecule has 96 valence electrons. The number of hydrogen-bond acceptors (Lipinski definition) is 4. The fourth-order valence-corrected chi connectivity index (χ4v) is 1.70. The Morgan fingerprint density at radius 1 is 1.35 bits per heavy atom. The van der Waals surface area contributed by atoms with Crippen LogP contribution in [0.1, 0.15) is 37.9 Å². The van der Waals surface area contributed by atoms with Gasteiger partial charge in [0.2, 0.25) is 0 Å². The Bertz CT molecular complexity index is 396. The van der Waals surface area contributed by atoms with Gasteiger partial charge in [-0.25, -0.2) is 0 Å². The Balaban J connectivity index is 3.41. The zero-order valence-corrected chi connectivity index (χ0v) is 10.8. The maximum atomic E-state index is 10.2. The van der Waals surface area contributed by atoms with Gasteiger partial charge in [0, 0.05) is 11.1 Å². The molecule has 1 rings (SSSR count). The number of hydrogen-bond donors (Lipinski definition) is 3. The van der Waals surface area contributed by atoms with Gasteiger partial charge in [-0.1, -0.05) is 20.8 Å². The zero-order valence-electron chi connectivity index (χ0n) is 10.8. The highest BCUT2D eigenvalue weighted by atomic mass is 16.5. The van der Waals surface area contributed by atoms with Gasteiger partial charge in [0.25, 0.3) is 0 Å². The standard InChI is InChI=1S/C13H21NO3/c1-13(2,3)10-6-8(17-4)5-9(12(10)16)11(14)7-15/h5-6,11,15-16H,7,14H2,1-4H3. The quantitative estimate of drug-likeness (QED) is 0.750. The Morgan fingerprint density at radius 2 is 1.94 bits per heavy atom. The lowest BCUT2D eigenvalue weighted by atomic mass is 9.84. The van der Waals surface area contributed by atoms with E-state index in [1.807, 2.05) is 20.8 Å². The minimum absolute atomic E-state index is 0.139. The molecule has 4 heteroatoms. The monoisotopic (exact) mass is 239 g/mol. The van der Waals surface area contributed by atoms with Crippen molar-refractivity contribution in [2.45, 2.75) is 32.2 Å². The summed E-state index contributed by atoms with van der Waals surface area (Å²) in [5.74, 6) is 0.770. The molecule has 0 aliphatic carbocycles. The van der Waals surface area contributed by atoms with Crippen molar-refractivity contribution in [2.75, 3.05) is 13.7 Å². The van der Waals surface area contributed by atoms with Gasteiger partial charge < -0.3 is 20.7 Å². The number of aliphatic hydroxyl groups is 1. The lowest BCUT2D eigenvalue weighted by molar-refractivity contribution is 0.264. The van der Waals surface area contributed by atoms with Crippen LogP contribution in [0.2, 0.25) is 0 Å². The number of phenols is 1. The number of ether oxygens (including phenoxy) is 1. The van der Waals surface area contributed by atoms with Crippen LogP contribution in [0.4, 0.5) is 0 Å². The summed E-state index contributed by atoms with van der Waals surface area (Å²) >= 11 is 0. The third-order valence-corrected chi connectivity index (χ3v) is 2.75. The summed E-state index contributed by atoms with van der Waals surface area (Å²) in [4.78, 5) is 0. The third kappa shape index (κ3) is 2.90. The van der Waals surface area contributed by atoms with Crippen molar-refractivity contribution in [3.8, 4) is 11.5 Å². The second kappa shape index (κ2) is 4.94. The van der Waals surface area contributed by atoms with E-state index in [1.165, 1.54) is 0 Å². The summed E-state index contributed by atoms with van der Waals surface area (Å²) < 4.78 is 5.19. The number of aliphatic hydroxyl groups excluding tert-OH is 1. The molecule has 0 saturated carbocycles. The molecule has 0 fully saturated rings. The first kappa shape index (κ1) is 13.8. The van der Waals surface area contributed by atoms with Gasteiger partial charge in [-0.15, -0.1) is 0 Å². The van der Waals surface area contributed by atoms with Gasteiger partial charge >= 0.3 is 0 Å². The van der Waals surface area contributed by atoms with Gasteiger partial charge in [0.1, 0.15) is 11.5 Å². The number of rotatable bonds is 3. The molecule has 4 N–H and O–H groups in total. The molecule has 0 aliphatic rings. The lowest BCUT2D eigenvalue weighted by Gasteiger charge is -2.24. The number of methoxy groups -OCH3 is 1. The molecule has 0 heterocycles. The van der Waals surface area contributed by atoms with Crippen LogP contribution >= 0.6 is 0 Å². The second-order valence-electron chi connectivity index (χ2n) is 5.15. The molecule has 0 aliphatic heterocycles. The minimum Gasteiger partial charge on any atom is -0.507 e. The molecule has 1 atom stereocenters. The van der Waals surface area contributed by atoms with E-state index in [1.54, 1.807) is 19.2 Å². The first-order chi connectivity index (χ1) is 7.81. The predicted molar refractivity (Wildman–Crippen MR) is 67.4 cm³/mol. The highest BCUT2D eigenvalue weighted by Gasteiger charge is 2.23. The molecule has 1 unspecified atom stereocenters. The van der Waals surface area contributed by atoms with Crippen LogP contribution in [-0.4, -0.2) is 23.9 Å². The van der Waals surface area contributed by atoms with E-state index in [9.17, 15) is 5.11 Å². The van der Waals surface area contributed by atoms with Crippen LogP contribution in [0.5, 0.6) is 11.5 Å². The molecule has 0 aromatic heterocycles. The minimum atomic E-state index is -0.605. The molecule has 0 spiro atoms. The van der Waals surface area contributed by atoms with Crippen LogP contribution in [0, 0.1) is 0 Å². The average Bonchev–Trinajstić information content (AvgIpc) is 2.26. The molecule has 4 nitrogen and oxygen atoms in total. The first-order valence-electron chi connectivity index (χ1n) is 5.59. The molecular formula is C13H21NO3. The van der Waals surface area contributed by atoms with Crippen LogP contribution in [0.15, 0.2) is 12.1 Å². The number of phenolic OH excluding ortho intramolecular Hbond substituents is 1. The van der Waals surface area contributed by atoms with Crippen LogP contribution < -0.4 is 10.5 Å². The fraction of sp³-hybridized carbons (Fsp3) is 0.538. The molecule has 0 bridgehead atoms. The number of nitrogens with two attached hydrogens (primary N) is 1. The van der Waals surface area contributed by atoms with E-state index in [2.05, 4.69) is 0 Å². The van der Waals surface area contributed by atoms with E-state index in [-0.39, 0.29) is 17.8 Å². The first-order valence-corrected chi connectivity index (χ1v) is 5.59. The molecule has 0 amide bonds. The van der Waals surface area contributed by atoms with Crippen molar-refractivity contribution in [1.29, 1.82) is 0 Å². The fourth-order valence-electron chi connectivity index (χ4n) is 1.70. The summed E-state index contributed by atoms with van der Waals surface area (Å²) in [5, 5.41) is 19.3. The van der Waals surface area contributed by atoms with E-state index >= 15 is 0 Å². The highest BCUT2D eigenvalue weighted by Crippen LogP contribution is 2.38. The van der Waals surface area contributed by atoms with Crippen LogP contribution in [0.3, 0.4) is 0 Å². The van der Waals surface area contributed by atoms with Crippen molar-refractivity contribution in [1.82, 2.24) is 0 Å². The topological polar surface area (TPSA) is 75.7 Å². The van der Waals surface area contributed by atoms with E-state index < -0.39 is 6.04 Å². The van der Waals surface area contributed by atoms with Crippen molar-refractivity contribution < 1.29 is 14.9 Å². The molecule has 1 aromatic rings. The zero-order chi connectivity index (χ0) is 13.2. The van der Waals surface area contributed by atoms with E-state index in [4.69, 9.17) is 15.6 Å². The summed E-state index contributed by atoms with van der Waals surface area (Å²) in [7, 11) is 1.56. The van der Waals surface area contributed by atoms with Gasteiger partial charge in [0.05, 0.1) is 19.8 Å². The summed E-state index contributed by atoms with van der Waals surface area (Å²) in [5.41, 5.74) is 6.82. The maximum Gasteiger partial charge on any atom is 0.124 e. The predicted octanol–water partition coefficient (Wildman–Crippen LogP) is 1.69. The van der Waals surface area contributed by atoms with E-state index in [0.717, 1.165) is 5.56 Å². The third-order valence-electron chi connectivity index (χ3n) is 2.75. The van der Waals surface area contributed by atoms with Gasteiger partial charge in [-0.05, 0) is 17.5 Å². The summed E-state index contributed by atoms with van der Waals surface area (Å²) in [6, 6.07) is 2.85. The highest BCUT2D eigenvalue weighted by molar-refractivity contribution is 5.50.